The van der Waals surface area contributed by atoms with Crippen LogP contribution in [0, 0.1) is 17.2 Å². The van der Waals surface area contributed by atoms with Crippen molar-refractivity contribution in [3.63, 3.8) is 0 Å². The van der Waals surface area contributed by atoms with E-state index in [1.165, 1.54) is 16.7 Å². The Bertz CT molecular complexity index is 870. The summed E-state index contributed by atoms with van der Waals surface area (Å²) in [5.41, 5.74) is 0.579. The summed E-state index contributed by atoms with van der Waals surface area (Å²) in [5.74, 6) is 0.571. The van der Waals surface area contributed by atoms with Gasteiger partial charge in [0.2, 0.25) is 5.91 Å². The number of nitriles is 1. The number of nitrogens with zero attached hydrogens (tertiary/aromatic N) is 4. The number of thioether (sulfide) groups is 1. The van der Waals surface area contributed by atoms with E-state index in [9.17, 15) is 9.59 Å². The number of fused-ring (bicyclic) bond motifs is 1. The van der Waals surface area contributed by atoms with Crippen molar-refractivity contribution in [2.75, 3.05) is 19.3 Å². The maximum Gasteiger partial charge on any atom is 0.262 e. The zero-order valence-corrected chi connectivity index (χ0v) is 16.3. The molecule has 7 heteroatoms. The highest BCUT2D eigenvalue weighted by Crippen LogP contribution is 2.19. The third-order valence-electron chi connectivity index (χ3n) is 4.07. The van der Waals surface area contributed by atoms with Crippen molar-refractivity contribution in [1.82, 2.24) is 14.5 Å². The van der Waals surface area contributed by atoms with E-state index in [0.29, 0.717) is 41.5 Å². The summed E-state index contributed by atoms with van der Waals surface area (Å²) in [5, 5.41) is 9.80. The predicted molar refractivity (Wildman–Crippen MR) is 104 cm³/mol. The largest absolute Gasteiger partial charge is 0.344 e. The number of carbonyl (C=O) groups excluding carboxylic acids is 1. The maximum absolute atomic E-state index is 12.9. The summed E-state index contributed by atoms with van der Waals surface area (Å²) in [6.07, 6.45) is 1.17. The Morgan fingerprint density at radius 3 is 2.81 bits per heavy atom. The number of rotatable bonds is 8. The van der Waals surface area contributed by atoms with Crippen LogP contribution in [0.3, 0.4) is 0 Å². The molecule has 6 nitrogen and oxygen atoms in total. The Balaban J connectivity index is 2.26. The minimum atomic E-state index is -0.0805. The number of aromatic nitrogens is 2. The summed E-state index contributed by atoms with van der Waals surface area (Å²) in [4.78, 5) is 31.2. The van der Waals surface area contributed by atoms with E-state index in [1.54, 1.807) is 17.7 Å². The average Bonchev–Trinajstić information content (AvgIpc) is 2.63. The molecule has 0 saturated carbocycles. The molecule has 0 unspecified atom stereocenters. The molecule has 1 amide bonds. The van der Waals surface area contributed by atoms with Crippen LogP contribution in [-0.4, -0.2) is 39.7 Å². The van der Waals surface area contributed by atoms with Gasteiger partial charge in [0.05, 0.1) is 29.1 Å². The van der Waals surface area contributed by atoms with Crippen LogP contribution in [0.5, 0.6) is 0 Å². The smallest absolute Gasteiger partial charge is 0.262 e. The topological polar surface area (TPSA) is 79.0 Å². The van der Waals surface area contributed by atoms with E-state index in [-0.39, 0.29) is 17.2 Å². The molecule has 1 aromatic carbocycles. The van der Waals surface area contributed by atoms with Crippen molar-refractivity contribution in [2.24, 2.45) is 5.92 Å². The zero-order valence-electron chi connectivity index (χ0n) is 15.4. The highest BCUT2D eigenvalue weighted by Gasteiger charge is 2.15. The second-order valence-corrected chi connectivity index (χ2v) is 7.51. The number of hydrogen-bond acceptors (Lipinski definition) is 5. The third kappa shape index (κ3) is 5.09. The van der Waals surface area contributed by atoms with Gasteiger partial charge in [0, 0.05) is 20.1 Å². The molecule has 0 radical (unpaired) electrons. The molecule has 0 N–H and O–H groups in total. The van der Waals surface area contributed by atoms with Crippen LogP contribution in [-0.2, 0) is 11.3 Å². The Morgan fingerprint density at radius 2 is 2.12 bits per heavy atom. The maximum atomic E-state index is 12.9. The van der Waals surface area contributed by atoms with E-state index in [1.807, 2.05) is 24.3 Å². The number of carbonyl (C=O) groups is 1. The molecule has 26 heavy (non-hydrogen) atoms. The third-order valence-corrected chi connectivity index (χ3v) is 5.03. The predicted octanol–water partition coefficient (Wildman–Crippen LogP) is 2.91. The first-order chi connectivity index (χ1) is 12.4. The van der Waals surface area contributed by atoms with Crippen LogP contribution in [0.2, 0.25) is 0 Å². The molecule has 138 valence electrons. The van der Waals surface area contributed by atoms with Crippen molar-refractivity contribution >= 4 is 28.6 Å². The summed E-state index contributed by atoms with van der Waals surface area (Å²) in [7, 11) is 1.68. The minimum Gasteiger partial charge on any atom is -0.344 e. The van der Waals surface area contributed by atoms with Gasteiger partial charge in [-0.1, -0.05) is 37.7 Å². The molecule has 1 aromatic heterocycles. The standard InChI is InChI=1S/C19H24N4O2S/c1-14(2)9-12-23-18(25)15-7-4-5-8-16(15)21-19(23)26-13-17(24)22(3)11-6-10-20/h4-5,7-8,14H,6,9,11-13H2,1-3H3. The molecular weight excluding hydrogens is 348 g/mol. The van der Waals surface area contributed by atoms with Crippen LogP contribution in [0.25, 0.3) is 10.9 Å². The van der Waals surface area contributed by atoms with E-state index in [4.69, 9.17) is 5.26 Å². The molecule has 0 aliphatic heterocycles. The lowest BCUT2D eigenvalue weighted by atomic mass is 10.1. The lowest BCUT2D eigenvalue weighted by Gasteiger charge is -2.17. The van der Waals surface area contributed by atoms with Crippen LogP contribution in [0.1, 0.15) is 26.7 Å². The molecule has 0 spiro atoms. The molecular formula is C19H24N4O2S. The fourth-order valence-corrected chi connectivity index (χ4v) is 3.39. The molecule has 0 aliphatic carbocycles. The van der Waals surface area contributed by atoms with Crippen LogP contribution >= 0.6 is 11.8 Å². The van der Waals surface area contributed by atoms with Gasteiger partial charge in [-0.05, 0) is 24.5 Å². The first-order valence-electron chi connectivity index (χ1n) is 8.67. The van der Waals surface area contributed by atoms with E-state index in [2.05, 4.69) is 18.8 Å². The molecule has 2 aromatic rings. The SMILES string of the molecule is CC(C)CCn1c(SCC(=O)N(C)CCC#N)nc2ccccc2c1=O. The quantitative estimate of drug-likeness (QED) is 0.526. The van der Waals surface area contributed by atoms with Crippen LogP contribution in [0.15, 0.2) is 34.2 Å². The van der Waals surface area contributed by atoms with Crippen LogP contribution in [0.4, 0.5) is 0 Å². The van der Waals surface area contributed by atoms with Gasteiger partial charge in [0.25, 0.3) is 5.56 Å². The molecule has 0 aliphatic rings. The molecule has 0 atom stereocenters. The van der Waals surface area contributed by atoms with Gasteiger partial charge in [-0.3, -0.25) is 14.2 Å². The first-order valence-corrected chi connectivity index (χ1v) is 9.66. The Morgan fingerprint density at radius 1 is 1.38 bits per heavy atom. The van der Waals surface area contributed by atoms with Crippen LogP contribution < -0.4 is 5.56 Å². The fourth-order valence-electron chi connectivity index (χ4n) is 2.42. The van der Waals surface area contributed by atoms with Gasteiger partial charge in [-0.15, -0.1) is 0 Å². The molecule has 0 bridgehead atoms. The average molecular weight is 372 g/mol. The highest BCUT2D eigenvalue weighted by molar-refractivity contribution is 7.99. The highest BCUT2D eigenvalue weighted by atomic mass is 32.2. The van der Waals surface area contributed by atoms with E-state index < -0.39 is 0 Å². The molecule has 0 saturated heterocycles. The molecule has 2 rings (SSSR count). The van der Waals surface area contributed by atoms with Gasteiger partial charge in [0.1, 0.15) is 0 Å². The lowest BCUT2D eigenvalue weighted by molar-refractivity contribution is -0.127. The number of hydrogen-bond donors (Lipinski definition) is 0. The number of para-hydroxylation sites is 1. The monoisotopic (exact) mass is 372 g/mol. The number of benzene rings is 1. The first kappa shape index (κ1) is 20.0. The zero-order chi connectivity index (χ0) is 19.1. The molecule has 0 fully saturated rings. The van der Waals surface area contributed by atoms with Gasteiger partial charge >= 0.3 is 0 Å². The van der Waals surface area contributed by atoms with Crippen molar-refractivity contribution in [1.29, 1.82) is 5.26 Å². The van der Waals surface area contributed by atoms with Crippen molar-refractivity contribution in [3.8, 4) is 6.07 Å². The second kappa shape index (κ2) is 9.39. The lowest BCUT2D eigenvalue weighted by Crippen LogP contribution is -2.30. The Labute approximate surface area is 157 Å². The molecule has 1 heterocycles. The summed E-state index contributed by atoms with van der Waals surface area (Å²) < 4.78 is 1.68. The van der Waals surface area contributed by atoms with Gasteiger partial charge in [0.15, 0.2) is 5.16 Å². The summed E-state index contributed by atoms with van der Waals surface area (Å²) >= 11 is 1.28. The van der Waals surface area contributed by atoms with Gasteiger partial charge in [-0.25, -0.2) is 4.98 Å². The Hall–Kier alpha value is -2.33. The minimum absolute atomic E-state index is 0.0657. The fraction of sp³-hybridized carbons (Fsp3) is 0.474. The number of amides is 1. The normalized spacial score (nSPS) is 10.9. The van der Waals surface area contributed by atoms with Gasteiger partial charge in [-0.2, -0.15) is 5.26 Å². The summed E-state index contributed by atoms with van der Waals surface area (Å²) in [6, 6.07) is 9.31. The second-order valence-electron chi connectivity index (χ2n) is 6.56. The summed E-state index contributed by atoms with van der Waals surface area (Å²) in [6.45, 7) is 5.20. The van der Waals surface area contributed by atoms with Crippen molar-refractivity contribution in [3.05, 3.63) is 34.6 Å². The van der Waals surface area contributed by atoms with Crippen molar-refractivity contribution < 1.29 is 4.79 Å². The van der Waals surface area contributed by atoms with Crippen molar-refractivity contribution in [2.45, 2.75) is 38.4 Å². The van der Waals surface area contributed by atoms with E-state index >= 15 is 0 Å². The Kier molecular flexibility index (Phi) is 7.22. The van der Waals surface area contributed by atoms with E-state index in [0.717, 1.165) is 6.42 Å². The van der Waals surface area contributed by atoms with Gasteiger partial charge < -0.3 is 4.90 Å².